The second-order valence-corrected chi connectivity index (χ2v) is 5.48. The number of hydrogen-bond donors (Lipinski definition) is 2. The van der Waals surface area contributed by atoms with Gasteiger partial charge in [-0.3, -0.25) is 0 Å². The minimum atomic E-state index is -3.45. The van der Waals surface area contributed by atoms with Crippen molar-refractivity contribution < 1.29 is 8.42 Å². The van der Waals surface area contributed by atoms with Gasteiger partial charge in [0.1, 0.15) is 5.82 Å². The fraction of sp³-hybridized carbons (Fsp3) is 0.545. The third-order valence-corrected chi connectivity index (χ3v) is 4.12. The molecule has 0 aliphatic heterocycles. The highest BCUT2D eigenvalue weighted by atomic mass is 32.2. The van der Waals surface area contributed by atoms with Crippen LogP contribution in [0.2, 0.25) is 0 Å². The van der Waals surface area contributed by atoms with Gasteiger partial charge in [-0.05, 0) is 18.9 Å². The van der Waals surface area contributed by atoms with E-state index < -0.39 is 10.0 Å². The molecule has 0 fully saturated rings. The normalized spacial score (nSPS) is 11.8. The summed E-state index contributed by atoms with van der Waals surface area (Å²) >= 11 is 0. The molecule has 0 spiro atoms. The van der Waals surface area contributed by atoms with Crippen molar-refractivity contribution in [2.45, 2.75) is 37.6 Å². The van der Waals surface area contributed by atoms with Crippen LogP contribution in [0.5, 0.6) is 0 Å². The van der Waals surface area contributed by atoms with E-state index in [0.717, 1.165) is 12.8 Å². The van der Waals surface area contributed by atoms with Crippen LogP contribution >= 0.6 is 0 Å². The summed E-state index contributed by atoms with van der Waals surface area (Å²) in [4.78, 5) is 4.23. The van der Waals surface area contributed by atoms with Crippen LogP contribution in [-0.2, 0) is 10.0 Å². The standard InChI is InChI=1S/C11H19N3O2S/c1-4-9(5-2)14-17(15,16)10-6-7-13-11(8-10)12-3/h6-9,14H,4-5H2,1-3H3,(H,12,13). The first-order valence-electron chi connectivity index (χ1n) is 5.69. The van der Waals surface area contributed by atoms with E-state index in [2.05, 4.69) is 15.0 Å². The molecule has 1 aromatic rings. The van der Waals surface area contributed by atoms with E-state index in [-0.39, 0.29) is 10.9 Å². The summed E-state index contributed by atoms with van der Waals surface area (Å²) in [5.74, 6) is 0.539. The van der Waals surface area contributed by atoms with Gasteiger partial charge >= 0.3 is 0 Å². The maximum Gasteiger partial charge on any atom is 0.241 e. The molecule has 1 rings (SSSR count). The highest BCUT2D eigenvalue weighted by Crippen LogP contribution is 2.13. The van der Waals surface area contributed by atoms with E-state index in [4.69, 9.17) is 0 Å². The zero-order chi connectivity index (χ0) is 12.9. The van der Waals surface area contributed by atoms with Crippen LogP contribution in [0.3, 0.4) is 0 Å². The Morgan fingerprint density at radius 2 is 2.00 bits per heavy atom. The number of rotatable bonds is 6. The molecular weight excluding hydrogens is 238 g/mol. The van der Waals surface area contributed by atoms with Gasteiger partial charge in [0.05, 0.1) is 4.90 Å². The molecule has 1 heterocycles. The Hall–Kier alpha value is -1.14. The Labute approximate surface area is 103 Å². The first kappa shape index (κ1) is 13.9. The summed E-state index contributed by atoms with van der Waals surface area (Å²) in [6, 6.07) is 2.99. The maximum absolute atomic E-state index is 12.1. The zero-order valence-corrected chi connectivity index (χ0v) is 11.2. The number of sulfonamides is 1. The molecule has 0 atom stereocenters. The van der Waals surface area contributed by atoms with Gasteiger partial charge in [-0.2, -0.15) is 0 Å². The van der Waals surface area contributed by atoms with Gasteiger partial charge < -0.3 is 5.32 Å². The largest absolute Gasteiger partial charge is 0.373 e. The molecular formula is C11H19N3O2S. The lowest BCUT2D eigenvalue weighted by molar-refractivity contribution is 0.530. The Balaban J connectivity index is 2.96. The molecule has 6 heteroatoms. The van der Waals surface area contributed by atoms with Crippen LogP contribution in [0, 0.1) is 0 Å². The second-order valence-electron chi connectivity index (χ2n) is 3.76. The average molecular weight is 257 g/mol. The van der Waals surface area contributed by atoms with Crippen LogP contribution in [-0.4, -0.2) is 26.5 Å². The van der Waals surface area contributed by atoms with Crippen molar-refractivity contribution in [3.8, 4) is 0 Å². The van der Waals surface area contributed by atoms with Crippen molar-refractivity contribution in [1.29, 1.82) is 0 Å². The molecule has 1 aromatic heterocycles. The van der Waals surface area contributed by atoms with Gasteiger partial charge in [0.15, 0.2) is 0 Å². The van der Waals surface area contributed by atoms with Crippen LogP contribution in [0.25, 0.3) is 0 Å². The number of nitrogens with zero attached hydrogens (tertiary/aromatic N) is 1. The first-order chi connectivity index (χ1) is 8.03. The smallest absolute Gasteiger partial charge is 0.241 e. The predicted molar refractivity (Wildman–Crippen MR) is 68.5 cm³/mol. The summed E-state index contributed by atoms with van der Waals surface area (Å²) in [6.45, 7) is 3.92. The van der Waals surface area contributed by atoms with Crippen molar-refractivity contribution in [1.82, 2.24) is 9.71 Å². The van der Waals surface area contributed by atoms with Gasteiger partial charge in [0.2, 0.25) is 10.0 Å². The van der Waals surface area contributed by atoms with Gasteiger partial charge in [0, 0.05) is 25.4 Å². The molecule has 0 unspecified atom stereocenters. The van der Waals surface area contributed by atoms with E-state index in [1.54, 1.807) is 7.05 Å². The average Bonchev–Trinajstić information content (AvgIpc) is 2.36. The molecule has 0 radical (unpaired) electrons. The van der Waals surface area contributed by atoms with E-state index in [1.165, 1.54) is 18.3 Å². The predicted octanol–water partition coefficient (Wildman–Crippen LogP) is 1.59. The summed E-state index contributed by atoms with van der Waals surface area (Å²) in [5, 5.41) is 2.82. The Bertz CT molecular complexity index is 456. The molecule has 0 aromatic carbocycles. The van der Waals surface area contributed by atoms with Crippen LogP contribution in [0.1, 0.15) is 26.7 Å². The summed E-state index contributed by atoms with van der Waals surface area (Å²) < 4.78 is 26.8. The van der Waals surface area contributed by atoms with Gasteiger partial charge in [-0.15, -0.1) is 0 Å². The lowest BCUT2D eigenvalue weighted by Crippen LogP contribution is -2.33. The van der Waals surface area contributed by atoms with Gasteiger partial charge in [0.25, 0.3) is 0 Å². The quantitative estimate of drug-likeness (QED) is 0.812. The topological polar surface area (TPSA) is 71.1 Å². The van der Waals surface area contributed by atoms with Crippen LogP contribution in [0.15, 0.2) is 23.2 Å². The number of hydrogen-bond acceptors (Lipinski definition) is 4. The van der Waals surface area contributed by atoms with Crippen molar-refractivity contribution in [2.24, 2.45) is 0 Å². The fourth-order valence-electron chi connectivity index (χ4n) is 1.46. The Morgan fingerprint density at radius 3 is 2.53 bits per heavy atom. The number of nitrogens with one attached hydrogen (secondary N) is 2. The molecule has 17 heavy (non-hydrogen) atoms. The van der Waals surface area contributed by atoms with E-state index in [1.807, 2.05) is 13.8 Å². The summed E-state index contributed by atoms with van der Waals surface area (Å²) in [6.07, 6.45) is 3.03. The second kappa shape index (κ2) is 5.97. The Kier molecular flexibility index (Phi) is 4.89. The van der Waals surface area contributed by atoms with E-state index in [0.29, 0.717) is 5.82 Å². The minimum absolute atomic E-state index is 0.0220. The maximum atomic E-state index is 12.1. The third-order valence-electron chi connectivity index (χ3n) is 2.61. The van der Waals surface area contributed by atoms with Crippen molar-refractivity contribution in [2.75, 3.05) is 12.4 Å². The Morgan fingerprint density at radius 1 is 1.35 bits per heavy atom. The molecule has 0 aliphatic rings. The molecule has 5 nitrogen and oxygen atoms in total. The lowest BCUT2D eigenvalue weighted by Gasteiger charge is -2.15. The van der Waals surface area contributed by atoms with Gasteiger partial charge in [-0.25, -0.2) is 18.1 Å². The van der Waals surface area contributed by atoms with Crippen LogP contribution < -0.4 is 10.0 Å². The number of anilines is 1. The minimum Gasteiger partial charge on any atom is -0.373 e. The number of aromatic nitrogens is 1. The SMILES string of the molecule is CCC(CC)NS(=O)(=O)c1ccnc(NC)c1. The molecule has 2 N–H and O–H groups in total. The molecule has 0 aliphatic carbocycles. The third kappa shape index (κ3) is 3.67. The molecule has 0 saturated heterocycles. The van der Waals surface area contributed by atoms with Crippen molar-refractivity contribution in [3.63, 3.8) is 0 Å². The van der Waals surface area contributed by atoms with E-state index >= 15 is 0 Å². The van der Waals surface area contributed by atoms with Crippen molar-refractivity contribution in [3.05, 3.63) is 18.3 Å². The summed E-state index contributed by atoms with van der Waals surface area (Å²) in [7, 11) is -1.74. The monoisotopic (exact) mass is 257 g/mol. The number of pyridine rings is 1. The zero-order valence-electron chi connectivity index (χ0n) is 10.4. The molecule has 0 bridgehead atoms. The van der Waals surface area contributed by atoms with Crippen molar-refractivity contribution >= 4 is 15.8 Å². The molecule has 0 amide bonds. The highest BCUT2D eigenvalue weighted by molar-refractivity contribution is 7.89. The van der Waals surface area contributed by atoms with Crippen LogP contribution in [0.4, 0.5) is 5.82 Å². The lowest BCUT2D eigenvalue weighted by atomic mass is 10.2. The summed E-state index contributed by atoms with van der Waals surface area (Å²) in [5.41, 5.74) is 0. The fourth-order valence-corrected chi connectivity index (χ4v) is 2.87. The highest BCUT2D eigenvalue weighted by Gasteiger charge is 2.18. The molecule has 96 valence electrons. The van der Waals surface area contributed by atoms with E-state index in [9.17, 15) is 8.42 Å². The first-order valence-corrected chi connectivity index (χ1v) is 7.18. The molecule has 0 saturated carbocycles. The van der Waals surface area contributed by atoms with Gasteiger partial charge in [-0.1, -0.05) is 13.8 Å².